The predicted octanol–water partition coefficient (Wildman–Crippen LogP) is 3.80. The summed E-state index contributed by atoms with van der Waals surface area (Å²) in [5, 5.41) is 2.13. The highest BCUT2D eigenvalue weighted by Gasteiger charge is 2.18. The molecule has 0 aliphatic rings. The van der Waals surface area contributed by atoms with Crippen LogP contribution in [0.3, 0.4) is 0 Å². The molecule has 0 saturated carbocycles. The topological polar surface area (TPSA) is 26.0 Å². The van der Waals surface area contributed by atoms with Gasteiger partial charge in [-0.05, 0) is 44.8 Å². The van der Waals surface area contributed by atoms with E-state index in [-0.39, 0.29) is 6.04 Å². The first-order valence-electron chi connectivity index (χ1n) is 4.52. The second kappa shape index (κ2) is 4.58. The molecule has 0 saturated heterocycles. The van der Waals surface area contributed by atoms with Crippen molar-refractivity contribution in [2.24, 2.45) is 17.6 Å². The summed E-state index contributed by atoms with van der Waals surface area (Å²) >= 11 is 5.15. The molecule has 2 N–H and O–H groups in total. The van der Waals surface area contributed by atoms with Crippen molar-refractivity contribution in [2.45, 2.75) is 26.8 Å². The van der Waals surface area contributed by atoms with Gasteiger partial charge in [0.1, 0.15) is 0 Å². The Bertz CT molecular complexity index is 270. The third-order valence-corrected chi connectivity index (χ3v) is 4.11. The van der Waals surface area contributed by atoms with Crippen LogP contribution in [0, 0.1) is 11.8 Å². The Morgan fingerprint density at radius 2 is 2.00 bits per heavy atom. The first-order chi connectivity index (χ1) is 6.02. The molecule has 0 aliphatic heterocycles. The van der Waals surface area contributed by atoms with Gasteiger partial charge in [0.2, 0.25) is 0 Å². The maximum absolute atomic E-state index is 6.14. The zero-order chi connectivity index (χ0) is 10.0. The third kappa shape index (κ3) is 2.79. The molecule has 2 unspecified atom stereocenters. The van der Waals surface area contributed by atoms with E-state index in [0.29, 0.717) is 11.8 Å². The summed E-state index contributed by atoms with van der Waals surface area (Å²) in [7, 11) is 0. The standard InChI is InChI=1S/C10H16BrNS/c1-6(2)7(3)10(12)8-4-9(11)13-5-8/h4-7,10H,12H2,1-3H3. The molecule has 0 spiro atoms. The molecule has 1 heterocycles. The second-order valence-electron chi connectivity index (χ2n) is 3.81. The van der Waals surface area contributed by atoms with E-state index in [1.807, 2.05) is 0 Å². The van der Waals surface area contributed by atoms with Gasteiger partial charge >= 0.3 is 0 Å². The Morgan fingerprint density at radius 1 is 1.38 bits per heavy atom. The normalized spacial score (nSPS) is 16.2. The third-order valence-electron chi connectivity index (χ3n) is 2.59. The minimum absolute atomic E-state index is 0.169. The molecule has 1 aromatic heterocycles. The summed E-state index contributed by atoms with van der Waals surface area (Å²) < 4.78 is 1.16. The number of halogens is 1. The minimum atomic E-state index is 0.169. The quantitative estimate of drug-likeness (QED) is 0.880. The van der Waals surface area contributed by atoms with E-state index < -0.39 is 0 Å². The second-order valence-corrected chi connectivity index (χ2v) is 6.10. The van der Waals surface area contributed by atoms with Gasteiger partial charge in [-0.2, -0.15) is 0 Å². The van der Waals surface area contributed by atoms with Gasteiger partial charge < -0.3 is 5.73 Å². The summed E-state index contributed by atoms with van der Waals surface area (Å²) in [5.41, 5.74) is 7.39. The molecule has 1 aromatic rings. The molecule has 13 heavy (non-hydrogen) atoms. The van der Waals surface area contributed by atoms with Crippen LogP contribution in [0.2, 0.25) is 0 Å². The summed E-state index contributed by atoms with van der Waals surface area (Å²) in [6.07, 6.45) is 0. The van der Waals surface area contributed by atoms with Crippen LogP contribution in [0.5, 0.6) is 0 Å². The van der Waals surface area contributed by atoms with Crippen LogP contribution < -0.4 is 5.73 Å². The van der Waals surface area contributed by atoms with Gasteiger partial charge in [0, 0.05) is 6.04 Å². The largest absolute Gasteiger partial charge is 0.324 e. The maximum Gasteiger partial charge on any atom is 0.0701 e. The lowest BCUT2D eigenvalue weighted by atomic mass is 9.88. The van der Waals surface area contributed by atoms with Crippen LogP contribution in [0.25, 0.3) is 0 Å². The van der Waals surface area contributed by atoms with Crippen LogP contribution in [-0.2, 0) is 0 Å². The lowest BCUT2D eigenvalue weighted by molar-refractivity contribution is 0.353. The van der Waals surface area contributed by atoms with Crippen LogP contribution in [0.4, 0.5) is 0 Å². The fourth-order valence-corrected chi connectivity index (χ4v) is 2.44. The van der Waals surface area contributed by atoms with Gasteiger partial charge in [0.15, 0.2) is 0 Å². The molecule has 3 heteroatoms. The molecule has 0 aliphatic carbocycles. The molecular formula is C10H16BrNS. The molecule has 0 aromatic carbocycles. The number of hydrogen-bond donors (Lipinski definition) is 1. The maximum atomic E-state index is 6.14. The monoisotopic (exact) mass is 261 g/mol. The van der Waals surface area contributed by atoms with E-state index in [4.69, 9.17) is 5.73 Å². The Hall–Kier alpha value is 0.140. The van der Waals surface area contributed by atoms with E-state index in [2.05, 4.69) is 48.1 Å². The van der Waals surface area contributed by atoms with E-state index in [1.165, 1.54) is 5.56 Å². The highest BCUT2D eigenvalue weighted by Crippen LogP contribution is 2.30. The molecule has 2 atom stereocenters. The van der Waals surface area contributed by atoms with Crippen LogP contribution in [-0.4, -0.2) is 0 Å². The molecule has 0 fully saturated rings. The van der Waals surface area contributed by atoms with Crippen molar-refractivity contribution in [3.05, 3.63) is 20.8 Å². The summed E-state index contributed by atoms with van der Waals surface area (Å²) in [5.74, 6) is 1.16. The van der Waals surface area contributed by atoms with Gasteiger partial charge in [0.25, 0.3) is 0 Å². The van der Waals surface area contributed by atoms with Crippen LogP contribution in [0.1, 0.15) is 32.4 Å². The average Bonchev–Trinajstić information content (AvgIpc) is 2.49. The number of hydrogen-bond acceptors (Lipinski definition) is 2. The van der Waals surface area contributed by atoms with Crippen molar-refractivity contribution in [3.63, 3.8) is 0 Å². The number of nitrogens with two attached hydrogens (primary N) is 1. The van der Waals surface area contributed by atoms with Gasteiger partial charge in [-0.15, -0.1) is 11.3 Å². The Morgan fingerprint density at radius 3 is 2.38 bits per heavy atom. The van der Waals surface area contributed by atoms with Crippen LogP contribution in [0.15, 0.2) is 15.2 Å². The first kappa shape index (κ1) is 11.2. The molecule has 0 bridgehead atoms. The molecule has 1 rings (SSSR count). The first-order valence-corrected chi connectivity index (χ1v) is 6.19. The van der Waals surface area contributed by atoms with Crippen molar-refractivity contribution >= 4 is 27.3 Å². The van der Waals surface area contributed by atoms with Gasteiger partial charge in [-0.1, -0.05) is 20.8 Å². The Balaban J connectivity index is 2.73. The fourth-order valence-electron chi connectivity index (χ4n) is 1.22. The van der Waals surface area contributed by atoms with Crippen molar-refractivity contribution in [3.8, 4) is 0 Å². The Kier molecular flexibility index (Phi) is 3.95. The molecule has 0 radical (unpaired) electrons. The zero-order valence-corrected chi connectivity index (χ0v) is 10.7. The highest BCUT2D eigenvalue weighted by molar-refractivity contribution is 9.11. The summed E-state index contributed by atoms with van der Waals surface area (Å²) in [6.45, 7) is 6.64. The van der Waals surface area contributed by atoms with E-state index >= 15 is 0 Å². The lowest BCUT2D eigenvalue weighted by Gasteiger charge is -2.22. The predicted molar refractivity (Wildman–Crippen MR) is 62.9 cm³/mol. The van der Waals surface area contributed by atoms with Crippen LogP contribution >= 0.6 is 27.3 Å². The van der Waals surface area contributed by atoms with Crippen molar-refractivity contribution in [1.29, 1.82) is 0 Å². The van der Waals surface area contributed by atoms with E-state index in [0.717, 1.165) is 3.79 Å². The van der Waals surface area contributed by atoms with E-state index in [9.17, 15) is 0 Å². The average molecular weight is 262 g/mol. The number of thiophene rings is 1. The summed E-state index contributed by atoms with van der Waals surface area (Å²) in [4.78, 5) is 0. The van der Waals surface area contributed by atoms with Gasteiger partial charge in [-0.25, -0.2) is 0 Å². The smallest absolute Gasteiger partial charge is 0.0701 e. The van der Waals surface area contributed by atoms with Gasteiger partial charge in [-0.3, -0.25) is 0 Å². The molecule has 0 amide bonds. The zero-order valence-electron chi connectivity index (χ0n) is 8.25. The molecule has 74 valence electrons. The highest BCUT2D eigenvalue weighted by atomic mass is 79.9. The number of rotatable bonds is 3. The van der Waals surface area contributed by atoms with Crippen molar-refractivity contribution in [2.75, 3.05) is 0 Å². The van der Waals surface area contributed by atoms with E-state index in [1.54, 1.807) is 11.3 Å². The van der Waals surface area contributed by atoms with Gasteiger partial charge in [0.05, 0.1) is 3.79 Å². The fraction of sp³-hybridized carbons (Fsp3) is 0.600. The minimum Gasteiger partial charge on any atom is -0.324 e. The lowest BCUT2D eigenvalue weighted by Crippen LogP contribution is -2.22. The Labute approximate surface area is 92.5 Å². The molecular weight excluding hydrogens is 246 g/mol. The SMILES string of the molecule is CC(C)C(C)C(N)c1csc(Br)c1. The summed E-state index contributed by atoms with van der Waals surface area (Å²) in [6, 6.07) is 2.29. The van der Waals surface area contributed by atoms with Crippen molar-refractivity contribution < 1.29 is 0 Å². The molecule has 1 nitrogen and oxygen atoms in total. The van der Waals surface area contributed by atoms with Crippen molar-refractivity contribution in [1.82, 2.24) is 0 Å².